The Morgan fingerprint density at radius 2 is 2.06 bits per heavy atom. The van der Waals surface area contributed by atoms with E-state index in [1.807, 2.05) is 0 Å². The van der Waals surface area contributed by atoms with Crippen LogP contribution in [0.4, 0.5) is 28.8 Å². The van der Waals surface area contributed by atoms with Crippen molar-refractivity contribution in [2.75, 3.05) is 22.5 Å². The summed E-state index contributed by atoms with van der Waals surface area (Å²) in [6, 6.07) is 6.93. The van der Waals surface area contributed by atoms with Gasteiger partial charge in [0.05, 0.1) is 11.9 Å². The molecule has 0 spiro atoms. The molecule has 10 nitrogen and oxygen atoms in total. The fourth-order valence-electron chi connectivity index (χ4n) is 3.10. The molecule has 0 unspecified atom stereocenters. The van der Waals surface area contributed by atoms with Gasteiger partial charge < -0.3 is 26.0 Å². The van der Waals surface area contributed by atoms with Crippen LogP contribution in [0.5, 0.6) is 0 Å². The monoisotopic (exact) mass is 472 g/mol. The summed E-state index contributed by atoms with van der Waals surface area (Å²) in [5.41, 5.74) is 2.36. The van der Waals surface area contributed by atoms with Crippen LogP contribution in [-0.2, 0) is 16.1 Å². The number of hydrogen-bond donors (Lipinski definition) is 4. The molecule has 3 heterocycles. The lowest BCUT2D eigenvalue weighted by molar-refractivity contribution is -0.133. The number of aromatic carboxylic acids is 1. The van der Waals surface area contributed by atoms with Gasteiger partial charge in [0, 0.05) is 24.8 Å². The predicted octanol–water partition coefficient (Wildman–Crippen LogP) is 3.68. The number of thiophene rings is 1. The molecule has 164 valence electrons. The van der Waals surface area contributed by atoms with Crippen LogP contribution in [0.1, 0.15) is 22.2 Å². The van der Waals surface area contributed by atoms with Gasteiger partial charge in [-0.1, -0.05) is 17.7 Å². The minimum Gasteiger partial charge on any atom is -0.477 e. The number of rotatable bonds is 5. The molecule has 0 aliphatic carbocycles. The highest BCUT2D eigenvalue weighted by molar-refractivity contribution is 7.12. The molecular formula is C20H17ClN6O4S. The van der Waals surface area contributed by atoms with Crippen LogP contribution in [0.25, 0.3) is 0 Å². The van der Waals surface area contributed by atoms with E-state index in [2.05, 4.69) is 25.9 Å². The lowest BCUT2D eigenvalue weighted by Crippen LogP contribution is -2.33. The van der Waals surface area contributed by atoms with E-state index in [-0.39, 0.29) is 40.0 Å². The summed E-state index contributed by atoms with van der Waals surface area (Å²) in [5.74, 6) is -1.06. The number of carboxylic acids is 1. The van der Waals surface area contributed by atoms with Gasteiger partial charge in [0.25, 0.3) is 0 Å². The smallest absolute Gasteiger partial charge is 0.348 e. The van der Waals surface area contributed by atoms with Crippen molar-refractivity contribution < 1.29 is 19.5 Å². The summed E-state index contributed by atoms with van der Waals surface area (Å²) in [6.07, 6.45) is 1.39. The summed E-state index contributed by atoms with van der Waals surface area (Å²) < 4.78 is 0. The van der Waals surface area contributed by atoms with E-state index in [9.17, 15) is 19.5 Å². The first-order valence-electron chi connectivity index (χ1n) is 9.36. The average Bonchev–Trinajstić information content (AvgIpc) is 3.12. The van der Waals surface area contributed by atoms with E-state index in [1.165, 1.54) is 18.0 Å². The fourth-order valence-corrected chi connectivity index (χ4v) is 3.93. The molecule has 4 N–H and O–H groups in total. The third kappa shape index (κ3) is 4.63. The number of halogens is 1. The second-order valence-corrected chi connectivity index (χ2v) is 8.23. The van der Waals surface area contributed by atoms with Gasteiger partial charge in [0.2, 0.25) is 17.8 Å². The van der Waals surface area contributed by atoms with E-state index in [1.54, 1.807) is 29.6 Å². The number of aromatic nitrogens is 2. The molecule has 0 fully saturated rings. The van der Waals surface area contributed by atoms with Crippen molar-refractivity contribution in [2.24, 2.45) is 0 Å². The SMILES string of the molecule is CC(=O)N1CC(=O)Nc2cc(Nc3ncc(Cl)c(Nc4ccsc4C(=O)O)n3)ccc2C1. The number of hydrogen-bond acceptors (Lipinski definition) is 8. The Labute approximate surface area is 191 Å². The maximum absolute atomic E-state index is 12.1. The van der Waals surface area contributed by atoms with Gasteiger partial charge in [-0.25, -0.2) is 9.78 Å². The quantitative estimate of drug-likeness (QED) is 0.441. The summed E-state index contributed by atoms with van der Waals surface area (Å²) >= 11 is 7.26. The van der Waals surface area contributed by atoms with Crippen molar-refractivity contribution in [1.82, 2.24) is 14.9 Å². The largest absolute Gasteiger partial charge is 0.477 e. The summed E-state index contributed by atoms with van der Waals surface area (Å²) in [6.45, 7) is 1.73. The maximum Gasteiger partial charge on any atom is 0.348 e. The first kappa shape index (κ1) is 21.5. The van der Waals surface area contributed by atoms with E-state index in [0.29, 0.717) is 23.6 Å². The van der Waals surface area contributed by atoms with Gasteiger partial charge in [0.15, 0.2) is 5.82 Å². The van der Waals surface area contributed by atoms with Crippen LogP contribution in [-0.4, -0.2) is 44.3 Å². The van der Waals surface area contributed by atoms with Crippen molar-refractivity contribution in [3.63, 3.8) is 0 Å². The number of nitrogens with zero attached hydrogens (tertiary/aromatic N) is 3. The fraction of sp³-hybridized carbons (Fsp3) is 0.150. The molecule has 1 aliphatic rings. The number of nitrogens with one attached hydrogen (secondary N) is 3. The molecule has 1 aliphatic heterocycles. The van der Waals surface area contributed by atoms with Crippen molar-refractivity contribution in [3.05, 3.63) is 51.3 Å². The molecule has 4 rings (SSSR count). The normalized spacial score (nSPS) is 13.1. The molecule has 0 bridgehead atoms. The Bertz CT molecular complexity index is 1230. The summed E-state index contributed by atoms with van der Waals surface area (Å²) in [4.78, 5) is 45.3. The maximum atomic E-state index is 12.1. The Morgan fingerprint density at radius 1 is 1.25 bits per heavy atom. The van der Waals surface area contributed by atoms with Crippen LogP contribution in [0.15, 0.2) is 35.8 Å². The van der Waals surface area contributed by atoms with Crippen molar-refractivity contribution >= 4 is 69.5 Å². The molecular weight excluding hydrogens is 456 g/mol. The Kier molecular flexibility index (Phi) is 5.93. The molecule has 0 saturated heterocycles. The summed E-state index contributed by atoms with van der Waals surface area (Å²) in [7, 11) is 0. The predicted molar refractivity (Wildman–Crippen MR) is 121 cm³/mol. The van der Waals surface area contributed by atoms with Crippen LogP contribution in [0, 0.1) is 0 Å². The molecule has 12 heteroatoms. The Balaban J connectivity index is 1.57. The van der Waals surface area contributed by atoms with Gasteiger partial charge in [-0.05, 0) is 29.1 Å². The zero-order valence-electron chi connectivity index (χ0n) is 16.7. The lowest BCUT2D eigenvalue weighted by Gasteiger charge is -2.17. The minimum atomic E-state index is -1.05. The number of fused-ring (bicyclic) bond motifs is 1. The number of anilines is 5. The van der Waals surface area contributed by atoms with Crippen molar-refractivity contribution in [1.29, 1.82) is 0 Å². The number of benzene rings is 1. The van der Waals surface area contributed by atoms with E-state index in [4.69, 9.17) is 11.6 Å². The lowest BCUT2D eigenvalue weighted by atomic mass is 10.1. The van der Waals surface area contributed by atoms with Gasteiger partial charge in [0.1, 0.15) is 16.4 Å². The van der Waals surface area contributed by atoms with E-state index >= 15 is 0 Å². The first-order chi connectivity index (χ1) is 15.3. The third-order valence-electron chi connectivity index (χ3n) is 4.64. The van der Waals surface area contributed by atoms with E-state index < -0.39 is 5.97 Å². The van der Waals surface area contributed by atoms with Gasteiger partial charge in [-0.2, -0.15) is 4.98 Å². The number of amides is 2. The third-order valence-corrected chi connectivity index (χ3v) is 5.82. The highest BCUT2D eigenvalue weighted by atomic mass is 35.5. The highest BCUT2D eigenvalue weighted by Crippen LogP contribution is 2.30. The second-order valence-electron chi connectivity index (χ2n) is 6.90. The van der Waals surface area contributed by atoms with Crippen LogP contribution >= 0.6 is 22.9 Å². The van der Waals surface area contributed by atoms with E-state index in [0.717, 1.165) is 16.9 Å². The van der Waals surface area contributed by atoms with Crippen LogP contribution < -0.4 is 16.0 Å². The minimum absolute atomic E-state index is 0.0109. The second kappa shape index (κ2) is 8.81. The highest BCUT2D eigenvalue weighted by Gasteiger charge is 2.21. The van der Waals surface area contributed by atoms with Gasteiger partial charge >= 0.3 is 5.97 Å². The molecule has 0 saturated carbocycles. The van der Waals surface area contributed by atoms with Crippen LogP contribution in [0.3, 0.4) is 0 Å². The average molecular weight is 473 g/mol. The van der Waals surface area contributed by atoms with Crippen molar-refractivity contribution in [3.8, 4) is 0 Å². The zero-order valence-corrected chi connectivity index (χ0v) is 18.3. The standard InChI is InChI=1S/C20H17ClN6O4S/c1-10(28)27-8-11-2-3-12(6-15(11)24-16(29)9-27)23-20-22-7-13(21)18(26-20)25-14-4-5-32-17(14)19(30)31/h2-7H,8-9H2,1H3,(H,24,29)(H,30,31)(H2,22,23,25,26). The first-order valence-corrected chi connectivity index (χ1v) is 10.6. The van der Waals surface area contributed by atoms with Crippen molar-refractivity contribution in [2.45, 2.75) is 13.5 Å². The summed E-state index contributed by atoms with van der Waals surface area (Å²) in [5, 5.41) is 19.9. The number of carbonyl (C=O) groups is 3. The molecule has 32 heavy (non-hydrogen) atoms. The Hall–Kier alpha value is -3.70. The molecule has 0 atom stereocenters. The number of carbonyl (C=O) groups excluding carboxylic acids is 2. The molecule has 2 amide bonds. The molecule has 1 aromatic carbocycles. The topological polar surface area (TPSA) is 137 Å². The Morgan fingerprint density at radius 3 is 2.81 bits per heavy atom. The molecule has 2 aromatic heterocycles. The van der Waals surface area contributed by atoms with Crippen LogP contribution in [0.2, 0.25) is 5.02 Å². The zero-order chi connectivity index (χ0) is 22.8. The molecule has 3 aromatic rings. The van der Waals surface area contributed by atoms with Gasteiger partial charge in [-0.15, -0.1) is 11.3 Å². The van der Waals surface area contributed by atoms with Gasteiger partial charge in [-0.3, -0.25) is 9.59 Å². The number of carboxylic acid groups (broad SMARTS) is 1. The molecule has 0 radical (unpaired) electrons.